The van der Waals surface area contributed by atoms with Crippen molar-refractivity contribution in [2.24, 2.45) is 5.41 Å². The number of carboxylic acids is 1. The number of hydrogen-bond donors (Lipinski definition) is 1. The van der Waals surface area contributed by atoms with Crippen molar-refractivity contribution >= 4 is 16.0 Å². The highest BCUT2D eigenvalue weighted by atomic mass is 32.2. The van der Waals surface area contributed by atoms with Crippen molar-refractivity contribution in [2.45, 2.75) is 63.6 Å². The summed E-state index contributed by atoms with van der Waals surface area (Å²) in [5.41, 5.74) is -0.224. The molecule has 1 atom stereocenters. The Bertz CT molecular complexity index is 723. The molecule has 0 aliphatic carbocycles. The molecule has 0 spiro atoms. The standard InChI is InChI=1S/C15H23N3O4S/c1-15(2)8-11(7-14(19)20)18(10-15)23(21,22)13-9-16-12-5-3-4-6-17(12)13/h9,11H,3-8,10H2,1-2H3,(H,19,20). The molecule has 3 rings (SSSR count). The third kappa shape index (κ3) is 3.01. The fourth-order valence-electron chi connectivity index (χ4n) is 3.73. The number of rotatable bonds is 4. The van der Waals surface area contributed by atoms with Gasteiger partial charge in [0.25, 0.3) is 10.0 Å². The van der Waals surface area contributed by atoms with Gasteiger partial charge in [-0.25, -0.2) is 13.4 Å². The largest absolute Gasteiger partial charge is 0.481 e. The van der Waals surface area contributed by atoms with Crippen molar-refractivity contribution in [1.29, 1.82) is 0 Å². The average Bonchev–Trinajstić information content (AvgIpc) is 2.99. The van der Waals surface area contributed by atoms with Crippen LogP contribution in [0.5, 0.6) is 0 Å². The van der Waals surface area contributed by atoms with E-state index in [0.717, 1.165) is 25.1 Å². The van der Waals surface area contributed by atoms with Gasteiger partial charge in [0.15, 0.2) is 5.03 Å². The summed E-state index contributed by atoms with van der Waals surface area (Å²) < 4.78 is 29.4. The molecule has 0 bridgehead atoms. The van der Waals surface area contributed by atoms with E-state index in [1.165, 1.54) is 10.5 Å². The second-order valence-electron chi connectivity index (χ2n) is 7.29. The van der Waals surface area contributed by atoms with Gasteiger partial charge in [0.1, 0.15) is 5.82 Å². The average molecular weight is 341 g/mol. The minimum Gasteiger partial charge on any atom is -0.481 e. The Balaban J connectivity index is 1.97. The topological polar surface area (TPSA) is 92.5 Å². The van der Waals surface area contributed by atoms with Gasteiger partial charge in [0.05, 0.1) is 12.6 Å². The minimum absolute atomic E-state index is 0.163. The van der Waals surface area contributed by atoms with Crippen molar-refractivity contribution < 1.29 is 18.3 Å². The molecule has 128 valence electrons. The van der Waals surface area contributed by atoms with Crippen molar-refractivity contribution in [3.8, 4) is 0 Å². The predicted octanol–water partition coefficient (Wildman–Crippen LogP) is 1.48. The quantitative estimate of drug-likeness (QED) is 0.895. The molecule has 7 nitrogen and oxygen atoms in total. The summed E-state index contributed by atoms with van der Waals surface area (Å²) in [6.45, 7) is 4.95. The van der Waals surface area contributed by atoms with Gasteiger partial charge in [0, 0.05) is 25.6 Å². The van der Waals surface area contributed by atoms with Crippen LogP contribution in [0.3, 0.4) is 0 Å². The maximum Gasteiger partial charge on any atom is 0.304 e. The van der Waals surface area contributed by atoms with E-state index >= 15 is 0 Å². The van der Waals surface area contributed by atoms with Crippen LogP contribution in [-0.2, 0) is 27.8 Å². The molecular weight excluding hydrogens is 318 g/mol. The Morgan fingerprint density at radius 2 is 2.17 bits per heavy atom. The Morgan fingerprint density at radius 1 is 1.43 bits per heavy atom. The van der Waals surface area contributed by atoms with Crippen LogP contribution in [0.1, 0.15) is 45.4 Å². The molecule has 8 heteroatoms. The molecule has 1 unspecified atom stereocenters. The highest BCUT2D eigenvalue weighted by Crippen LogP contribution is 2.39. The molecule has 1 aromatic rings. The first-order valence-corrected chi connectivity index (χ1v) is 9.43. The lowest BCUT2D eigenvalue weighted by molar-refractivity contribution is -0.137. The Labute approximate surface area is 136 Å². The SMILES string of the molecule is CC1(C)CC(CC(=O)O)N(S(=O)(=O)c2cnc3n2CCCC3)C1. The second kappa shape index (κ2) is 5.59. The normalized spacial score (nSPS) is 24.5. The molecule has 0 radical (unpaired) electrons. The van der Waals surface area contributed by atoms with Gasteiger partial charge in [-0.2, -0.15) is 4.31 Å². The van der Waals surface area contributed by atoms with Crippen LogP contribution in [0.4, 0.5) is 0 Å². The van der Waals surface area contributed by atoms with E-state index in [4.69, 9.17) is 5.11 Å². The summed E-state index contributed by atoms with van der Waals surface area (Å²) in [7, 11) is -3.73. The molecule has 0 amide bonds. The van der Waals surface area contributed by atoms with E-state index in [9.17, 15) is 13.2 Å². The maximum absolute atomic E-state index is 13.1. The molecule has 0 aromatic carbocycles. The molecule has 3 heterocycles. The molecule has 2 aliphatic rings. The Morgan fingerprint density at radius 3 is 2.87 bits per heavy atom. The van der Waals surface area contributed by atoms with Crippen molar-refractivity contribution in [1.82, 2.24) is 13.9 Å². The van der Waals surface area contributed by atoms with Crippen LogP contribution in [0.15, 0.2) is 11.2 Å². The summed E-state index contributed by atoms with van der Waals surface area (Å²) in [5, 5.41) is 9.32. The number of hydrogen-bond acceptors (Lipinski definition) is 4. The van der Waals surface area contributed by atoms with Crippen molar-refractivity contribution in [3.05, 3.63) is 12.0 Å². The highest BCUT2D eigenvalue weighted by molar-refractivity contribution is 7.89. The first-order chi connectivity index (χ1) is 10.7. The van der Waals surface area contributed by atoms with Crippen LogP contribution >= 0.6 is 0 Å². The van der Waals surface area contributed by atoms with Crippen LogP contribution in [-0.4, -0.2) is 45.9 Å². The zero-order valence-corrected chi connectivity index (χ0v) is 14.3. The number of fused-ring (bicyclic) bond motifs is 1. The predicted molar refractivity (Wildman–Crippen MR) is 83.5 cm³/mol. The van der Waals surface area contributed by atoms with Gasteiger partial charge in [-0.1, -0.05) is 13.8 Å². The lowest BCUT2D eigenvalue weighted by atomic mass is 9.90. The first kappa shape index (κ1) is 16.4. The molecule has 1 fully saturated rings. The fourth-order valence-corrected chi connectivity index (χ4v) is 5.69. The molecule has 2 aliphatic heterocycles. The number of sulfonamides is 1. The number of carbonyl (C=O) groups is 1. The first-order valence-electron chi connectivity index (χ1n) is 7.99. The summed E-state index contributed by atoms with van der Waals surface area (Å²) in [6.07, 6.45) is 4.58. The van der Waals surface area contributed by atoms with E-state index in [2.05, 4.69) is 4.98 Å². The Kier molecular flexibility index (Phi) is 4.00. The summed E-state index contributed by atoms with van der Waals surface area (Å²) in [4.78, 5) is 15.4. The van der Waals surface area contributed by atoms with Crippen LogP contribution in [0, 0.1) is 5.41 Å². The minimum atomic E-state index is -3.73. The lowest BCUT2D eigenvalue weighted by Gasteiger charge is -2.24. The van der Waals surface area contributed by atoms with Gasteiger partial charge >= 0.3 is 5.97 Å². The molecule has 0 saturated carbocycles. The van der Waals surface area contributed by atoms with Crippen LogP contribution in [0.25, 0.3) is 0 Å². The summed E-state index contributed by atoms with van der Waals surface area (Å²) >= 11 is 0. The van der Waals surface area contributed by atoms with Crippen molar-refractivity contribution in [3.63, 3.8) is 0 Å². The number of imidazole rings is 1. The number of aliphatic carboxylic acids is 1. The zero-order chi connectivity index (χ0) is 16.8. The fraction of sp³-hybridized carbons (Fsp3) is 0.733. The lowest BCUT2D eigenvalue weighted by Crippen LogP contribution is -2.38. The molecule has 1 saturated heterocycles. The molecule has 1 aromatic heterocycles. The monoisotopic (exact) mass is 341 g/mol. The number of aromatic nitrogens is 2. The van der Waals surface area contributed by atoms with Gasteiger partial charge in [-0.05, 0) is 24.7 Å². The van der Waals surface area contributed by atoms with Crippen molar-refractivity contribution in [2.75, 3.05) is 6.54 Å². The zero-order valence-electron chi connectivity index (χ0n) is 13.5. The molecule has 23 heavy (non-hydrogen) atoms. The third-order valence-electron chi connectivity index (χ3n) is 4.70. The third-order valence-corrected chi connectivity index (χ3v) is 6.60. The van der Waals surface area contributed by atoms with Crippen LogP contribution in [0.2, 0.25) is 0 Å². The van der Waals surface area contributed by atoms with E-state index < -0.39 is 22.0 Å². The number of carboxylic acid groups (broad SMARTS) is 1. The maximum atomic E-state index is 13.1. The Hall–Kier alpha value is -1.41. The van der Waals surface area contributed by atoms with E-state index in [-0.39, 0.29) is 16.9 Å². The number of aryl methyl sites for hydroxylation is 1. The summed E-state index contributed by atoms with van der Waals surface area (Å²) in [6, 6.07) is -0.498. The van der Waals surface area contributed by atoms with Gasteiger partial charge in [0.2, 0.25) is 0 Å². The van der Waals surface area contributed by atoms with E-state index in [0.29, 0.717) is 19.5 Å². The van der Waals surface area contributed by atoms with Gasteiger partial charge < -0.3 is 9.67 Å². The van der Waals surface area contributed by atoms with E-state index in [1.54, 1.807) is 4.57 Å². The summed E-state index contributed by atoms with van der Waals surface area (Å²) in [5.74, 6) is -0.161. The smallest absolute Gasteiger partial charge is 0.304 e. The number of nitrogens with zero attached hydrogens (tertiary/aromatic N) is 3. The second-order valence-corrected chi connectivity index (χ2v) is 9.13. The van der Waals surface area contributed by atoms with E-state index in [1.807, 2.05) is 13.8 Å². The highest BCUT2D eigenvalue weighted by Gasteiger charge is 2.46. The molecule has 1 N–H and O–H groups in total. The van der Waals surface area contributed by atoms with Crippen LogP contribution < -0.4 is 0 Å². The molecular formula is C15H23N3O4S. The van der Waals surface area contributed by atoms with Gasteiger partial charge in [-0.3, -0.25) is 4.79 Å². The van der Waals surface area contributed by atoms with Gasteiger partial charge in [-0.15, -0.1) is 0 Å².